The quantitative estimate of drug-likeness (QED) is 0.601. The summed E-state index contributed by atoms with van der Waals surface area (Å²) >= 11 is 0. The zero-order chi connectivity index (χ0) is 21.3. The third kappa shape index (κ3) is 5.49. The molecule has 0 spiro atoms. The summed E-state index contributed by atoms with van der Waals surface area (Å²) in [5.41, 5.74) is 2.01. The minimum Gasteiger partial charge on any atom is -0.481 e. The fraction of sp³-hybridized carbons (Fsp3) is 0.160. The van der Waals surface area contributed by atoms with Gasteiger partial charge in [-0.05, 0) is 23.3 Å². The van der Waals surface area contributed by atoms with Crippen LogP contribution in [0.25, 0.3) is 0 Å². The number of fused-ring (bicyclic) bond motifs is 1. The Morgan fingerprint density at radius 1 is 0.903 bits per heavy atom. The van der Waals surface area contributed by atoms with E-state index in [0.717, 1.165) is 11.1 Å². The summed E-state index contributed by atoms with van der Waals surface area (Å²) in [5, 5.41) is 5.78. The second kappa shape index (κ2) is 10.1. The lowest BCUT2D eigenvalue weighted by molar-refractivity contribution is 0.174. The molecule has 2 amide bonds. The van der Waals surface area contributed by atoms with E-state index in [9.17, 15) is 4.79 Å². The zero-order valence-electron chi connectivity index (χ0n) is 16.8. The first-order chi connectivity index (χ1) is 15.3. The molecule has 6 nitrogen and oxygen atoms in total. The predicted octanol–water partition coefficient (Wildman–Crippen LogP) is 3.89. The second-order valence-electron chi connectivity index (χ2n) is 6.74. The molecule has 0 radical (unpaired) electrons. The van der Waals surface area contributed by atoms with Gasteiger partial charge >= 0.3 is 6.03 Å². The van der Waals surface area contributed by atoms with E-state index in [0.29, 0.717) is 17.2 Å². The Morgan fingerprint density at radius 2 is 1.58 bits per heavy atom. The smallest absolute Gasteiger partial charge is 0.316 e. The number of benzene rings is 3. The van der Waals surface area contributed by atoms with E-state index < -0.39 is 0 Å². The Morgan fingerprint density at radius 3 is 2.29 bits per heavy atom. The van der Waals surface area contributed by atoms with Crippen molar-refractivity contribution < 1.29 is 19.0 Å². The van der Waals surface area contributed by atoms with Gasteiger partial charge in [0.15, 0.2) is 11.5 Å². The van der Waals surface area contributed by atoms with E-state index in [1.165, 1.54) is 0 Å². The summed E-state index contributed by atoms with van der Waals surface area (Å²) in [4.78, 5) is 12.4. The van der Waals surface area contributed by atoms with E-state index >= 15 is 0 Å². The highest BCUT2D eigenvalue weighted by Gasteiger charge is 2.16. The first-order valence-electron chi connectivity index (χ1n) is 9.92. The maximum atomic E-state index is 12.4. The topological polar surface area (TPSA) is 68.8 Å². The van der Waals surface area contributed by atoms with Gasteiger partial charge in [0.05, 0.1) is 12.6 Å². The number of nitrogens with one attached hydrogen (secondary N) is 2. The van der Waals surface area contributed by atoms with E-state index in [4.69, 9.17) is 14.2 Å². The molecule has 1 aliphatic rings. The molecule has 2 N–H and O–H groups in total. The third-order valence-electron chi connectivity index (χ3n) is 4.66. The van der Waals surface area contributed by atoms with Gasteiger partial charge in [-0.2, -0.15) is 0 Å². The van der Waals surface area contributed by atoms with Crippen molar-refractivity contribution in [3.8, 4) is 29.1 Å². The van der Waals surface area contributed by atoms with Crippen LogP contribution in [0.4, 0.5) is 4.79 Å². The molecule has 0 atom stereocenters. The second-order valence-corrected chi connectivity index (χ2v) is 6.74. The van der Waals surface area contributed by atoms with Crippen LogP contribution in [0.2, 0.25) is 0 Å². The first-order valence-corrected chi connectivity index (χ1v) is 9.92. The van der Waals surface area contributed by atoms with Crippen LogP contribution in [0.1, 0.15) is 17.2 Å². The van der Waals surface area contributed by atoms with Gasteiger partial charge in [-0.15, -0.1) is 0 Å². The van der Waals surface area contributed by atoms with E-state index in [2.05, 4.69) is 22.5 Å². The van der Waals surface area contributed by atoms with Crippen LogP contribution in [0, 0.1) is 11.8 Å². The average molecular weight is 414 g/mol. The summed E-state index contributed by atoms with van der Waals surface area (Å²) in [5.74, 6) is 7.80. The molecular formula is C25H22N2O4. The van der Waals surface area contributed by atoms with Crippen molar-refractivity contribution in [2.75, 3.05) is 19.9 Å². The minimum atomic E-state index is -0.288. The van der Waals surface area contributed by atoms with Crippen LogP contribution in [-0.2, 0) is 0 Å². The largest absolute Gasteiger partial charge is 0.481 e. The molecule has 4 rings (SSSR count). The maximum absolute atomic E-state index is 12.4. The highest BCUT2D eigenvalue weighted by Crippen LogP contribution is 2.34. The van der Waals surface area contributed by atoms with Gasteiger partial charge in [-0.1, -0.05) is 72.5 Å². The fourth-order valence-corrected chi connectivity index (χ4v) is 3.16. The molecule has 0 unspecified atom stereocenters. The summed E-state index contributed by atoms with van der Waals surface area (Å²) in [6, 6.07) is 24.5. The number of amides is 2. The van der Waals surface area contributed by atoms with Gasteiger partial charge in [0, 0.05) is 6.07 Å². The zero-order valence-corrected chi connectivity index (χ0v) is 16.8. The maximum Gasteiger partial charge on any atom is 0.316 e. The Bertz CT molecular complexity index is 1040. The van der Waals surface area contributed by atoms with Crippen LogP contribution in [0.5, 0.6) is 17.2 Å². The third-order valence-corrected chi connectivity index (χ3v) is 4.66. The monoisotopic (exact) mass is 414 g/mol. The van der Waals surface area contributed by atoms with Gasteiger partial charge in [0.2, 0.25) is 6.79 Å². The molecule has 1 aliphatic heterocycles. The standard InChI is InChI=1S/C25H22N2O4/c28-25(27-24(19-9-3-1-4-10-19)20-11-5-2-6-12-20)26-15-7-8-16-29-21-13-14-22-23(17-21)31-18-30-22/h1-6,9-14,17,24H,15-16,18H2,(H2,26,27,28). The van der Waals surface area contributed by atoms with Gasteiger partial charge in [0.1, 0.15) is 12.4 Å². The molecule has 6 heteroatoms. The predicted molar refractivity (Wildman–Crippen MR) is 117 cm³/mol. The molecule has 31 heavy (non-hydrogen) atoms. The lowest BCUT2D eigenvalue weighted by Crippen LogP contribution is -2.38. The van der Waals surface area contributed by atoms with E-state index in [1.54, 1.807) is 18.2 Å². The van der Waals surface area contributed by atoms with Gasteiger partial charge in [-0.25, -0.2) is 4.79 Å². The number of rotatable bonds is 6. The summed E-state index contributed by atoms with van der Waals surface area (Å²) in [6.45, 7) is 0.647. The van der Waals surface area contributed by atoms with Crippen LogP contribution in [0.3, 0.4) is 0 Å². The van der Waals surface area contributed by atoms with Crippen LogP contribution < -0.4 is 24.8 Å². The number of hydrogen-bond donors (Lipinski definition) is 2. The van der Waals surface area contributed by atoms with E-state index in [-0.39, 0.29) is 32.0 Å². The highest BCUT2D eigenvalue weighted by molar-refractivity contribution is 5.75. The highest BCUT2D eigenvalue weighted by atomic mass is 16.7. The summed E-state index contributed by atoms with van der Waals surface area (Å²) in [7, 11) is 0. The molecule has 0 aliphatic carbocycles. The van der Waals surface area contributed by atoms with Crippen molar-refractivity contribution in [3.05, 3.63) is 90.0 Å². The Hall–Kier alpha value is -4.11. The van der Waals surface area contributed by atoms with Crippen molar-refractivity contribution in [3.63, 3.8) is 0 Å². The lowest BCUT2D eigenvalue weighted by atomic mass is 9.99. The Balaban J connectivity index is 1.26. The van der Waals surface area contributed by atoms with Crippen molar-refractivity contribution in [1.82, 2.24) is 10.6 Å². The molecule has 0 saturated heterocycles. The van der Waals surface area contributed by atoms with Gasteiger partial charge in [0.25, 0.3) is 0 Å². The molecule has 1 heterocycles. The van der Waals surface area contributed by atoms with Crippen LogP contribution in [0.15, 0.2) is 78.9 Å². The minimum absolute atomic E-state index is 0.208. The average Bonchev–Trinajstić information content (AvgIpc) is 3.29. The molecule has 0 saturated carbocycles. The van der Waals surface area contributed by atoms with Crippen molar-refractivity contribution in [2.24, 2.45) is 0 Å². The number of urea groups is 1. The van der Waals surface area contributed by atoms with Gasteiger partial charge in [-0.3, -0.25) is 0 Å². The number of carbonyl (C=O) groups is 1. The molecular weight excluding hydrogens is 392 g/mol. The molecule has 156 valence electrons. The molecule has 3 aromatic rings. The number of carbonyl (C=O) groups excluding carboxylic acids is 1. The number of ether oxygens (including phenoxy) is 3. The Labute approximate surface area is 181 Å². The van der Waals surface area contributed by atoms with Crippen LogP contribution in [-0.4, -0.2) is 26.0 Å². The molecule has 0 bridgehead atoms. The summed E-state index contributed by atoms with van der Waals surface area (Å²) < 4.78 is 16.2. The van der Waals surface area contributed by atoms with E-state index in [1.807, 2.05) is 60.7 Å². The molecule has 0 fully saturated rings. The SMILES string of the molecule is O=C(NCC#CCOc1ccc2c(c1)OCO2)NC(c1ccccc1)c1ccccc1. The summed E-state index contributed by atoms with van der Waals surface area (Å²) in [6.07, 6.45) is 0. The normalized spacial score (nSPS) is 11.4. The van der Waals surface area contributed by atoms with Crippen molar-refractivity contribution >= 4 is 6.03 Å². The lowest BCUT2D eigenvalue weighted by Gasteiger charge is -2.19. The molecule has 0 aromatic heterocycles. The van der Waals surface area contributed by atoms with Crippen LogP contribution >= 0.6 is 0 Å². The fourth-order valence-electron chi connectivity index (χ4n) is 3.16. The molecule has 3 aromatic carbocycles. The first kappa shape index (κ1) is 20.2. The van der Waals surface area contributed by atoms with Crippen molar-refractivity contribution in [1.29, 1.82) is 0 Å². The van der Waals surface area contributed by atoms with Gasteiger partial charge < -0.3 is 24.8 Å². The Kier molecular flexibility index (Phi) is 6.56. The van der Waals surface area contributed by atoms with Crippen molar-refractivity contribution in [2.45, 2.75) is 6.04 Å². The number of hydrogen-bond acceptors (Lipinski definition) is 4.